The fourth-order valence-corrected chi connectivity index (χ4v) is 5.48. The van der Waals surface area contributed by atoms with Gasteiger partial charge in [-0.05, 0) is 42.7 Å². The lowest BCUT2D eigenvalue weighted by atomic mass is 9.97. The Hall–Kier alpha value is -2.39. The first kappa shape index (κ1) is 25.2. The summed E-state index contributed by atoms with van der Waals surface area (Å²) in [5, 5.41) is 6.18. The van der Waals surface area contributed by atoms with E-state index in [0.29, 0.717) is 46.2 Å². The molecule has 1 saturated heterocycles. The first-order chi connectivity index (χ1) is 15.7. The van der Waals surface area contributed by atoms with Gasteiger partial charge in [0.25, 0.3) is 5.91 Å². The number of carbonyl (C=O) groups is 2. The van der Waals surface area contributed by atoms with Gasteiger partial charge in [-0.25, -0.2) is 12.7 Å². The molecule has 0 aliphatic carbocycles. The van der Waals surface area contributed by atoms with E-state index < -0.39 is 10.0 Å². The monoisotopic (exact) mass is 509 g/mol. The minimum Gasteiger partial charge on any atom is -0.349 e. The summed E-state index contributed by atoms with van der Waals surface area (Å²) in [6.07, 6.45) is 2.34. The Bertz CT molecular complexity index is 1150. The van der Waals surface area contributed by atoms with Crippen molar-refractivity contribution in [3.63, 3.8) is 0 Å². The van der Waals surface area contributed by atoms with E-state index >= 15 is 0 Å². The van der Waals surface area contributed by atoms with E-state index in [-0.39, 0.29) is 36.6 Å². The summed E-state index contributed by atoms with van der Waals surface area (Å²) in [6, 6.07) is 11.5. The van der Waals surface area contributed by atoms with Gasteiger partial charge < -0.3 is 10.6 Å². The topological polar surface area (TPSA) is 95.6 Å². The lowest BCUT2D eigenvalue weighted by molar-refractivity contribution is -0.120. The fourth-order valence-electron chi connectivity index (χ4n) is 3.61. The van der Waals surface area contributed by atoms with Gasteiger partial charge in [0.1, 0.15) is 0 Å². The van der Waals surface area contributed by atoms with Crippen LogP contribution < -0.4 is 10.6 Å². The Morgan fingerprint density at radius 1 is 1.09 bits per heavy atom. The van der Waals surface area contributed by atoms with Crippen LogP contribution in [0, 0.1) is 5.92 Å². The van der Waals surface area contributed by atoms with Crippen molar-refractivity contribution < 1.29 is 18.0 Å². The van der Waals surface area contributed by atoms with Gasteiger partial charge in [0, 0.05) is 25.6 Å². The summed E-state index contributed by atoms with van der Waals surface area (Å²) in [5.74, 6) is -1.09. The zero-order valence-electron chi connectivity index (χ0n) is 17.9. The molecular weight excluding hydrogens is 485 g/mol. The van der Waals surface area contributed by atoms with Crippen molar-refractivity contribution in [3.8, 4) is 0 Å². The number of piperidine rings is 1. The summed E-state index contributed by atoms with van der Waals surface area (Å²) in [5.41, 5.74) is 1.32. The van der Waals surface area contributed by atoms with Gasteiger partial charge >= 0.3 is 0 Å². The van der Waals surface area contributed by atoms with Crippen LogP contribution in [0.5, 0.6) is 0 Å². The van der Waals surface area contributed by atoms with Crippen LogP contribution in [0.2, 0.25) is 10.0 Å². The molecule has 0 unspecified atom stereocenters. The number of nitrogens with zero attached hydrogens (tertiary/aromatic N) is 1. The van der Waals surface area contributed by atoms with E-state index in [1.807, 2.05) is 0 Å². The molecule has 176 valence electrons. The summed E-state index contributed by atoms with van der Waals surface area (Å²) in [6.45, 7) is 4.36. The molecule has 1 aliphatic rings. The summed E-state index contributed by atoms with van der Waals surface area (Å²) < 4.78 is 27.0. The molecule has 0 saturated carbocycles. The highest BCUT2D eigenvalue weighted by molar-refractivity contribution is 7.88. The Kier molecular flexibility index (Phi) is 8.53. The molecule has 1 fully saturated rings. The highest BCUT2D eigenvalue weighted by atomic mass is 35.5. The average Bonchev–Trinajstić information content (AvgIpc) is 2.80. The third-order valence-corrected chi connectivity index (χ3v) is 7.98. The van der Waals surface area contributed by atoms with Crippen molar-refractivity contribution in [2.75, 3.05) is 25.0 Å². The number of rotatable bonds is 8. The van der Waals surface area contributed by atoms with Gasteiger partial charge in [-0.15, -0.1) is 6.58 Å². The number of nitrogens with one attached hydrogen (secondary N) is 2. The van der Waals surface area contributed by atoms with Gasteiger partial charge in [-0.1, -0.05) is 47.5 Å². The van der Waals surface area contributed by atoms with E-state index in [2.05, 4.69) is 17.2 Å². The molecule has 0 spiro atoms. The van der Waals surface area contributed by atoms with Crippen LogP contribution in [0.4, 0.5) is 5.69 Å². The van der Waals surface area contributed by atoms with E-state index in [1.165, 1.54) is 4.31 Å². The van der Waals surface area contributed by atoms with E-state index in [0.717, 1.165) is 0 Å². The van der Waals surface area contributed by atoms with Crippen molar-refractivity contribution in [2.24, 2.45) is 5.92 Å². The molecule has 0 aromatic heterocycles. The van der Waals surface area contributed by atoms with Crippen LogP contribution in [-0.4, -0.2) is 44.2 Å². The van der Waals surface area contributed by atoms with E-state index in [4.69, 9.17) is 23.2 Å². The van der Waals surface area contributed by atoms with Gasteiger partial charge in [0.2, 0.25) is 15.9 Å². The number of anilines is 1. The van der Waals surface area contributed by atoms with Crippen molar-refractivity contribution in [2.45, 2.75) is 18.6 Å². The minimum absolute atomic E-state index is 0.187. The third kappa shape index (κ3) is 6.57. The van der Waals surface area contributed by atoms with Crippen molar-refractivity contribution in [3.05, 3.63) is 76.3 Å². The molecule has 0 radical (unpaired) electrons. The highest BCUT2D eigenvalue weighted by Gasteiger charge is 2.31. The van der Waals surface area contributed by atoms with Crippen LogP contribution in [-0.2, 0) is 20.6 Å². The number of amides is 2. The molecule has 33 heavy (non-hydrogen) atoms. The molecule has 1 aliphatic heterocycles. The van der Waals surface area contributed by atoms with Crippen LogP contribution in [0.25, 0.3) is 0 Å². The zero-order valence-corrected chi connectivity index (χ0v) is 20.2. The third-order valence-electron chi connectivity index (χ3n) is 5.39. The molecule has 10 heteroatoms. The quantitative estimate of drug-likeness (QED) is 0.523. The van der Waals surface area contributed by atoms with Crippen LogP contribution in [0.3, 0.4) is 0 Å². The smallest absolute Gasteiger partial charge is 0.253 e. The van der Waals surface area contributed by atoms with Gasteiger partial charge in [-0.3, -0.25) is 9.59 Å². The van der Waals surface area contributed by atoms with Crippen molar-refractivity contribution >= 4 is 50.7 Å². The average molecular weight is 510 g/mol. The molecule has 1 heterocycles. The van der Waals surface area contributed by atoms with Gasteiger partial charge in [-0.2, -0.15) is 0 Å². The lowest BCUT2D eigenvalue weighted by Crippen LogP contribution is -2.42. The Morgan fingerprint density at radius 3 is 2.45 bits per heavy atom. The minimum atomic E-state index is -3.56. The van der Waals surface area contributed by atoms with E-state index in [9.17, 15) is 18.0 Å². The first-order valence-electron chi connectivity index (χ1n) is 10.4. The molecule has 0 atom stereocenters. The normalized spacial score (nSPS) is 15.1. The van der Waals surface area contributed by atoms with Gasteiger partial charge in [0.15, 0.2) is 0 Å². The Balaban J connectivity index is 1.59. The Morgan fingerprint density at radius 2 is 1.79 bits per heavy atom. The molecule has 7 nitrogen and oxygen atoms in total. The SMILES string of the molecule is C=CCNC(=O)c1ccccc1NC(=O)C1CCN(S(=O)(=O)Cc2ccc(Cl)c(Cl)c2)CC1. The number of para-hydroxylation sites is 1. The number of sulfonamides is 1. The van der Waals surface area contributed by atoms with Crippen LogP contribution in [0.15, 0.2) is 55.1 Å². The predicted octanol–water partition coefficient (Wildman–Crippen LogP) is 4.09. The maximum atomic E-state index is 12.8. The molecule has 0 bridgehead atoms. The number of hydrogen-bond acceptors (Lipinski definition) is 4. The molecular formula is C23H25Cl2N3O4S. The predicted molar refractivity (Wildman–Crippen MR) is 131 cm³/mol. The number of hydrogen-bond donors (Lipinski definition) is 2. The first-order valence-corrected chi connectivity index (χ1v) is 12.8. The Labute approximate surface area is 203 Å². The second-order valence-corrected chi connectivity index (χ2v) is 10.5. The molecule has 3 rings (SSSR count). The second-order valence-electron chi connectivity index (χ2n) is 7.71. The molecule has 2 N–H and O–H groups in total. The zero-order chi connectivity index (χ0) is 24.0. The van der Waals surface area contributed by atoms with E-state index in [1.54, 1.807) is 48.5 Å². The summed E-state index contributed by atoms with van der Waals surface area (Å²) >= 11 is 11.9. The largest absolute Gasteiger partial charge is 0.349 e. The fraction of sp³-hybridized carbons (Fsp3) is 0.304. The molecule has 2 amide bonds. The van der Waals surface area contributed by atoms with Gasteiger partial charge in [0.05, 0.1) is 27.0 Å². The van der Waals surface area contributed by atoms with Crippen LogP contribution >= 0.6 is 23.2 Å². The maximum Gasteiger partial charge on any atom is 0.253 e. The summed E-state index contributed by atoms with van der Waals surface area (Å²) in [4.78, 5) is 25.1. The second kappa shape index (κ2) is 11.2. The van der Waals surface area contributed by atoms with Crippen molar-refractivity contribution in [1.82, 2.24) is 9.62 Å². The number of carbonyl (C=O) groups excluding carboxylic acids is 2. The molecule has 2 aromatic rings. The number of benzene rings is 2. The van der Waals surface area contributed by atoms with Crippen LogP contribution in [0.1, 0.15) is 28.8 Å². The highest BCUT2D eigenvalue weighted by Crippen LogP contribution is 2.27. The number of halogens is 2. The lowest BCUT2D eigenvalue weighted by Gasteiger charge is -2.30. The van der Waals surface area contributed by atoms with Crippen molar-refractivity contribution in [1.29, 1.82) is 0 Å². The molecule has 2 aromatic carbocycles. The standard InChI is InChI=1S/C23H25Cl2N3O4S/c1-2-11-26-23(30)18-5-3-4-6-21(18)27-22(29)17-9-12-28(13-10-17)33(31,32)15-16-7-8-19(24)20(25)14-16/h2-8,14,17H,1,9-13,15H2,(H,26,30)(H,27,29). The summed E-state index contributed by atoms with van der Waals surface area (Å²) in [7, 11) is -3.56. The maximum absolute atomic E-state index is 12.8.